The van der Waals surface area contributed by atoms with E-state index in [2.05, 4.69) is 10.3 Å². The van der Waals surface area contributed by atoms with E-state index >= 15 is 0 Å². The molecular weight excluding hydrogens is 335 g/mol. The molecule has 0 saturated carbocycles. The zero-order valence-electron chi connectivity index (χ0n) is 12.7. The number of piperidine rings is 1. The number of benzene rings is 1. The highest BCUT2D eigenvalue weighted by Crippen LogP contribution is 2.26. The second-order valence-corrected chi connectivity index (χ2v) is 6.51. The number of carbonyl (C=O) groups excluding carboxylic acids is 1. The number of likely N-dealkylation sites (tertiary alicyclic amines) is 1. The summed E-state index contributed by atoms with van der Waals surface area (Å²) in [5.41, 5.74) is 0.849. The van der Waals surface area contributed by atoms with Gasteiger partial charge in [-0.2, -0.15) is 0 Å². The summed E-state index contributed by atoms with van der Waals surface area (Å²) in [5, 5.41) is 9.12. The van der Waals surface area contributed by atoms with Crippen LogP contribution in [0.5, 0.6) is 0 Å². The fourth-order valence-electron chi connectivity index (χ4n) is 2.95. The smallest absolute Gasteiger partial charge is 0.222 e. The van der Waals surface area contributed by atoms with E-state index in [1.165, 1.54) is 0 Å². The van der Waals surface area contributed by atoms with Gasteiger partial charge in [0.25, 0.3) is 0 Å². The van der Waals surface area contributed by atoms with Gasteiger partial charge in [0.05, 0.1) is 12.2 Å². The van der Waals surface area contributed by atoms with E-state index in [4.69, 9.17) is 23.2 Å². The Morgan fingerprint density at radius 1 is 1.22 bits per heavy atom. The van der Waals surface area contributed by atoms with Crippen LogP contribution in [0.3, 0.4) is 0 Å². The van der Waals surface area contributed by atoms with Gasteiger partial charge in [-0.25, -0.2) is 4.68 Å². The van der Waals surface area contributed by atoms with Gasteiger partial charge in [-0.05, 0) is 37.0 Å². The minimum atomic E-state index is 0.151. The number of rotatable bonds is 4. The first-order valence-corrected chi connectivity index (χ1v) is 8.47. The minimum absolute atomic E-state index is 0.151. The third-order valence-electron chi connectivity index (χ3n) is 4.28. The maximum Gasteiger partial charge on any atom is 0.222 e. The first-order valence-electron chi connectivity index (χ1n) is 7.71. The highest BCUT2D eigenvalue weighted by Gasteiger charge is 2.24. The Balaban J connectivity index is 1.52. The van der Waals surface area contributed by atoms with Crippen molar-refractivity contribution in [3.8, 4) is 0 Å². The van der Waals surface area contributed by atoms with Gasteiger partial charge < -0.3 is 4.90 Å². The molecule has 122 valence electrons. The molecule has 2 heterocycles. The Kier molecular flexibility index (Phi) is 5.18. The molecule has 1 aliphatic rings. The van der Waals surface area contributed by atoms with Crippen molar-refractivity contribution >= 4 is 29.1 Å². The van der Waals surface area contributed by atoms with E-state index in [1.807, 2.05) is 21.8 Å². The quantitative estimate of drug-likeness (QED) is 0.847. The third kappa shape index (κ3) is 3.85. The Bertz CT molecular complexity index is 646. The van der Waals surface area contributed by atoms with Gasteiger partial charge >= 0.3 is 0 Å². The number of hydrogen-bond donors (Lipinski definition) is 0. The van der Waals surface area contributed by atoms with E-state index in [-0.39, 0.29) is 5.91 Å². The van der Waals surface area contributed by atoms with Gasteiger partial charge in [-0.1, -0.05) is 34.5 Å². The van der Waals surface area contributed by atoms with E-state index in [1.54, 1.807) is 18.3 Å². The van der Waals surface area contributed by atoms with Crippen LogP contribution >= 0.6 is 23.2 Å². The Morgan fingerprint density at radius 2 is 1.91 bits per heavy atom. The van der Waals surface area contributed by atoms with Crippen molar-refractivity contribution < 1.29 is 4.79 Å². The summed E-state index contributed by atoms with van der Waals surface area (Å²) in [5.74, 6) is 0.151. The molecule has 0 N–H and O–H groups in total. The standard InChI is InChI=1S/C16H18Cl2N4O/c17-14-2-1-3-15(18)13(14)4-5-16(23)21-9-6-12(7-10-21)22-11-8-19-20-22/h1-3,8,11-12H,4-7,9-10H2. The summed E-state index contributed by atoms with van der Waals surface area (Å²) < 4.78 is 1.88. The Morgan fingerprint density at radius 3 is 2.52 bits per heavy atom. The molecule has 23 heavy (non-hydrogen) atoms. The number of nitrogens with zero attached hydrogens (tertiary/aromatic N) is 4. The van der Waals surface area contributed by atoms with Crippen LogP contribution in [0.1, 0.15) is 30.9 Å². The molecular formula is C16H18Cl2N4O. The monoisotopic (exact) mass is 352 g/mol. The summed E-state index contributed by atoms with van der Waals surface area (Å²) in [6.07, 6.45) is 6.37. The molecule has 1 saturated heterocycles. The number of carbonyl (C=O) groups is 1. The normalized spacial score (nSPS) is 15.8. The maximum atomic E-state index is 12.4. The van der Waals surface area contributed by atoms with E-state index < -0.39 is 0 Å². The molecule has 1 aliphatic heterocycles. The average molecular weight is 353 g/mol. The molecule has 0 radical (unpaired) electrons. The molecule has 0 atom stereocenters. The van der Waals surface area contributed by atoms with Crippen LogP contribution in [0.2, 0.25) is 10.0 Å². The van der Waals surface area contributed by atoms with Crippen molar-refractivity contribution in [3.63, 3.8) is 0 Å². The van der Waals surface area contributed by atoms with E-state index in [0.29, 0.717) is 28.9 Å². The summed E-state index contributed by atoms with van der Waals surface area (Å²) in [6.45, 7) is 1.50. The topological polar surface area (TPSA) is 51.0 Å². The second-order valence-electron chi connectivity index (χ2n) is 5.70. The van der Waals surface area contributed by atoms with Crippen LogP contribution in [0.15, 0.2) is 30.6 Å². The fraction of sp³-hybridized carbons (Fsp3) is 0.438. The number of hydrogen-bond acceptors (Lipinski definition) is 3. The van der Waals surface area contributed by atoms with Gasteiger partial charge in [0.1, 0.15) is 0 Å². The maximum absolute atomic E-state index is 12.4. The lowest BCUT2D eigenvalue weighted by Gasteiger charge is -2.32. The zero-order valence-corrected chi connectivity index (χ0v) is 14.2. The molecule has 0 bridgehead atoms. The Hall–Kier alpha value is -1.59. The van der Waals surface area contributed by atoms with Gasteiger partial charge in [-0.15, -0.1) is 5.10 Å². The van der Waals surface area contributed by atoms with Crippen molar-refractivity contribution in [2.45, 2.75) is 31.7 Å². The summed E-state index contributed by atoms with van der Waals surface area (Å²) in [6, 6.07) is 5.75. The van der Waals surface area contributed by atoms with Gasteiger partial charge in [-0.3, -0.25) is 4.79 Å². The van der Waals surface area contributed by atoms with E-state index in [9.17, 15) is 4.79 Å². The predicted octanol–water partition coefficient (Wildman–Crippen LogP) is 3.38. The number of amides is 1. The van der Waals surface area contributed by atoms with Crippen LogP contribution in [0.4, 0.5) is 0 Å². The van der Waals surface area contributed by atoms with Crippen LogP contribution in [-0.4, -0.2) is 38.9 Å². The lowest BCUT2D eigenvalue weighted by molar-refractivity contribution is -0.132. The molecule has 7 heteroatoms. The van der Waals surface area contributed by atoms with Crippen LogP contribution in [0.25, 0.3) is 0 Å². The van der Waals surface area contributed by atoms with Gasteiger partial charge in [0.15, 0.2) is 0 Å². The number of aromatic nitrogens is 3. The summed E-state index contributed by atoms with van der Waals surface area (Å²) >= 11 is 12.3. The predicted molar refractivity (Wildman–Crippen MR) is 89.7 cm³/mol. The van der Waals surface area contributed by atoms with Gasteiger partial charge in [0.2, 0.25) is 5.91 Å². The fourth-order valence-corrected chi connectivity index (χ4v) is 3.54. The summed E-state index contributed by atoms with van der Waals surface area (Å²) in [4.78, 5) is 14.3. The Labute approximate surface area is 145 Å². The molecule has 0 spiro atoms. The lowest BCUT2D eigenvalue weighted by atomic mass is 10.0. The number of halogens is 2. The van der Waals surface area contributed by atoms with Crippen molar-refractivity contribution in [2.24, 2.45) is 0 Å². The molecule has 3 rings (SSSR count). The average Bonchev–Trinajstić information content (AvgIpc) is 3.09. The van der Waals surface area contributed by atoms with Crippen molar-refractivity contribution in [2.75, 3.05) is 13.1 Å². The largest absolute Gasteiger partial charge is 0.343 e. The molecule has 1 aromatic carbocycles. The van der Waals surface area contributed by atoms with Crippen LogP contribution < -0.4 is 0 Å². The molecule has 1 fully saturated rings. The molecule has 0 unspecified atom stereocenters. The highest BCUT2D eigenvalue weighted by atomic mass is 35.5. The minimum Gasteiger partial charge on any atom is -0.343 e. The van der Waals surface area contributed by atoms with Gasteiger partial charge in [0, 0.05) is 35.8 Å². The third-order valence-corrected chi connectivity index (χ3v) is 4.99. The van der Waals surface area contributed by atoms with Crippen molar-refractivity contribution in [1.29, 1.82) is 0 Å². The first-order chi connectivity index (χ1) is 11.1. The van der Waals surface area contributed by atoms with Crippen molar-refractivity contribution in [1.82, 2.24) is 19.9 Å². The molecule has 1 amide bonds. The van der Waals surface area contributed by atoms with Crippen molar-refractivity contribution in [3.05, 3.63) is 46.2 Å². The first kappa shape index (κ1) is 16.3. The highest BCUT2D eigenvalue weighted by molar-refractivity contribution is 6.36. The molecule has 0 aliphatic carbocycles. The lowest BCUT2D eigenvalue weighted by Crippen LogP contribution is -2.39. The SMILES string of the molecule is O=C(CCc1c(Cl)cccc1Cl)N1CCC(n2ccnn2)CC1. The van der Waals surface area contributed by atoms with E-state index in [0.717, 1.165) is 31.5 Å². The second kappa shape index (κ2) is 7.32. The summed E-state index contributed by atoms with van der Waals surface area (Å²) in [7, 11) is 0. The van der Waals surface area contributed by atoms with Crippen LogP contribution in [-0.2, 0) is 11.2 Å². The zero-order chi connectivity index (χ0) is 16.2. The molecule has 1 aromatic heterocycles. The molecule has 2 aromatic rings. The van der Waals surface area contributed by atoms with Crippen LogP contribution in [0, 0.1) is 0 Å². The molecule has 5 nitrogen and oxygen atoms in total.